The smallest absolute Gasteiger partial charge is 0.226 e. The second-order valence-corrected chi connectivity index (χ2v) is 9.34. The lowest BCUT2D eigenvalue weighted by Gasteiger charge is -2.06. The van der Waals surface area contributed by atoms with Gasteiger partial charge in [-0.25, -0.2) is 13.4 Å². The van der Waals surface area contributed by atoms with Crippen molar-refractivity contribution in [3.63, 3.8) is 0 Å². The van der Waals surface area contributed by atoms with Crippen LogP contribution in [0.2, 0.25) is 0 Å². The third-order valence-electron chi connectivity index (χ3n) is 4.16. The number of carbonyl (C=O) groups is 1. The number of nitrogens with zero attached hydrogens (tertiary/aromatic N) is 1. The summed E-state index contributed by atoms with van der Waals surface area (Å²) in [5.74, 6) is 0.882. The summed E-state index contributed by atoms with van der Waals surface area (Å²) in [4.78, 5) is 16.9. The van der Waals surface area contributed by atoms with Crippen LogP contribution in [0.3, 0.4) is 0 Å². The monoisotopic (exact) mass is 434 g/mol. The topological polar surface area (TPSA) is 94.6 Å². The Morgan fingerprint density at radius 3 is 2.62 bits per heavy atom. The van der Waals surface area contributed by atoms with Crippen molar-refractivity contribution in [2.45, 2.75) is 24.7 Å². The average molecular weight is 435 g/mol. The Bertz CT molecular complexity index is 1090. The number of aromatic nitrogens is 1. The molecule has 3 rings (SSSR count). The van der Waals surface area contributed by atoms with Gasteiger partial charge in [-0.1, -0.05) is 17.4 Å². The van der Waals surface area contributed by atoms with Crippen molar-refractivity contribution < 1.29 is 22.7 Å². The number of carbonyl (C=O) groups excluding carboxylic acids is 1. The molecule has 29 heavy (non-hydrogen) atoms. The van der Waals surface area contributed by atoms with Gasteiger partial charge in [0.05, 0.1) is 29.1 Å². The van der Waals surface area contributed by atoms with Crippen LogP contribution in [-0.2, 0) is 14.6 Å². The molecule has 0 saturated heterocycles. The molecule has 1 heterocycles. The minimum Gasteiger partial charge on any atom is -0.497 e. The maximum atomic E-state index is 12.4. The first kappa shape index (κ1) is 21.1. The molecule has 0 aliphatic heterocycles. The highest BCUT2D eigenvalue weighted by atomic mass is 32.2. The van der Waals surface area contributed by atoms with E-state index in [0.29, 0.717) is 28.8 Å². The molecule has 0 atom stereocenters. The normalized spacial score (nSPS) is 11.4. The molecule has 0 aliphatic carbocycles. The van der Waals surface area contributed by atoms with E-state index in [1.165, 1.54) is 30.6 Å². The number of rotatable bonds is 9. The van der Waals surface area contributed by atoms with E-state index in [-0.39, 0.29) is 29.4 Å². The molecular weight excluding hydrogens is 412 g/mol. The number of hydrogen-bond donors (Lipinski definition) is 1. The van der Waals surface area contributed by atoms with Crippen LogP contribution >= 0.6 is 11.3 Å². The van der Waals surface area contributed by atoms with Gasteiger partial charge in [0.1, 0.15) is 17.0 Å². The molecule has 0 bridgehead atoms. The molecule has 9 heteroatoms. The van der Waals surface area contributed by atoms with Gasteiger partial charge in [-0.15, -0.1) is 0 Å². The summed E-state index contributed by atoms with van der Waals surface area (Å²) in [6.07, 6.45) is 0.304. The quantitative estimate of drug-likeness (QED) is 0.549. The number of para-hydroxylation sites is 1. The fourth-order valence-corrected chi connectivity index (χ4v) is 4.96. The Balaban J connectivity index is 1.57. The highest BCUT2D eigenvalue weighted by Gasteiger charge is 2.16. The van der Waals surface area contributed by atoms with E-state index < -0.39 is 9.84 Å². The Kier molecular flexibility index (Phi) is 6.71. The van der Waals surface area contributed by atoms with Crippen molar-refractivity contribution in [1.29, 1.82) is 0 Å². The summed E-state index contributed by atoms with van der Waals surface area (Å²) in [6, 6.07) is 11.8. The van der Waals surface area contributed by atoms with Crippen LogP contribution in [0.5, 0.6) is 11.5 Å². The molecule has 3 aromatic rings. The van der Waals surface area contributed by atoms with Crippen LogP contribution in [-0.4, -0.2) is 38.8 Å². The molecular formula is C20H22N2O5S2. The molecule has 0 fully saturated rings. The first-order valence-electron chi connectivity index (χ1n) is 9.12. The number of nitrogens with one attached hydrogen (secondary N) is 1. The van der Waals surface area contributed by atoms with Crippen molar-refractivity contribution in [2.75, 3.05) is 24.8 Å². The minimum absolute atomic E-state index is 0.0869. The van der Waals surface area contributed by atoms with E-state index in [9.17, 15) is 13.2 Å². The van der Waals surface area contributed by atoms with Crippen LogP contribution in [0.25, 0.3) is 10.2 Å². The van der Waals surface area contributed by atoms with Crippen molar-refractivity contribution >= 4 is 42.4 Å². The van der Waals surface area contributed by atoms with Gasteiger partial charge in [-0.05, 0) is 49.7 Å². The van der Waals surface area contributed by atoms with Crippen LogP contribution in [0, 0.1) is 0 Å². The number of hydrogen-bond acceptors (Lipinski definition) is 7. The zero-order valence-corrected chi connectivity index (χ0v) is 17.8. The molecule has 1 amide bonds. The lowest BCUT2D eigenvalue weighted by molar-refractivity contribution is -0.116. The zero-order chi connectivity index (χ0) is 20.9. The largest absolute Gasteiger partial charge is 0.497 e. The zero-order valence-electron chi connectivity index (χ0n) is 16.2. The lowest BCUT2D eigenvalue weighted by atomic mass is 10.3. The Hall–Kier alpha value is -2.65. The number of thiazole rings is 1. The molecule has 2 aromatic carbocycles. The van der Waals surface area contributed by atoms with E-state index in [1.807, 2.05) is 25.1 Å². The predicted molar refractivity (Wildman–Crippen MR) is 114 cm³/mol. The summed E-state index contributed by atoms with van der Waals surface area (Å²) < 4.78 is 36.3. The molecule has 1 aromatic heterocycles. The van der Waals surface area contributed by atoms with E-state index >= 15 is 0 Å². The summed E-state index contributed by atoms with van der Waals surface area (Å²) in [5.41, 5.74) is 0.705. The van der Waals surface area contributed by atoms with Crippen molar-refractivity contribution in [3.05, 3.63) is 42.5 Å². The average Bonchev–Trinajstić information content (AvgIpc) is 3.11. The summed E-state index contributed by atoms with van der Waals surface area (Å²) in [7, 11) is -1.93. The van der Waals surface area contributed by atoms with Crippen LogP contribution in [0.4, 0.5) is 5.13 Å². The van der Waals surface area contributed by atoms with Crippen LogP contribution in [0.1, 0.15) is 19.8 Å². The first-order chi connectivity index (χ1) is 13.9. The highest BCUT2D eigenvalue weighted by molar-refractivity contribution is 7.91. The van der Waals surface area contributed by atoms with Gasteiger partial charge in [-0.2, -0.15) is 0 Å². The Morgan fingerprint density at radius 2 is 1.93 bits per heavy atom. The first-order valence-corrected chi connectivity index (χ1v) is 11.6. The van der Waals surface area contributed by atoms with E-state index in [2.05, 4.69) is 10.3 Å². The summed E-state index contributed by atoms with van der Waals surface area (Å²) >= 11 is 1.35. The number of fused-ring (bicyclic) bond motifs is 1. The second-order valence-electron chi connectivity index (χ2n) is 6.20. The Morgan fingerprint density at radius 1 is 1.17 bits per heavy atom. The Labute approximate surface area is 173 Å². The highest BCUT2D eigenvalue weighted by Crippen LogP contribution is 2.32. The van der Waals surface area contributed by atoms with Crippen LogP contribution in [0.15, 0.2) is 47.4 Å². The maximum absolute atomic E-state index is 12.4. The number of benzene rings is 2. The van der Waals surface area contributed by atoms with E-state index in [0.717, 1.165) is 4.70 Å². The SMILES string of the molecule is CCOc1cccc2sc(NC(=O)CCCS(=O)(=O)c3ccc(OC)cc3)nc12. The number of amides is 1. The van der Waals surface area contributed by atoms with Gasteiger partial charge in [0.15, 0.2) is 15.0 Å². The molecule has 0 aliphatic rings. The van der Waals surface area contributed by atoms with E-state index in [1.54, 1.807) is 12.1 Å². The molecule has 154 valence electrons. The fraction of sp³-hybridized carbons (Fsp3) is 0.300. The maximum Gasteiger partial charge on any atom is 0.226 e. The molecule has 0 spiro atoms. The van der Waals surface area contributed by atoms with Crippen molar-refractivity contribution in [3.8, 4) is 11.5 Å². The third-order valence-corrected chi connectivity index (χ3v) is 6.92. The third kappa shape index (κ3) is 5.24. The molecule has 0 unspecified atom stereocenters. The number of sulfone groups is 1. The minimum atomic E-state index is -3.45. The standard InChI is InChI=1S/C20H22N2O5S2/c1-3-27-16-6-4-7-17-19(16)22-20(28-17)21-18(23)8-5-13-29(24,25)15-11-9-14(26-2)10-12-15/h4,6-7,9-12H,3,5,8,13H2,1-2H3,(H,21,22,23). The van der Waals surface area contributed by atoms with Gasteiger partial charge >= 0.3 is 0 Å². The molecule has 7 nitrogen and oxygen atoms in total. The molecule has 1 N–H and O–H groups in total. The van der Waals surface area contributed by atoms with Gasteiger partial charge < -0.3 is 14.8 Å². The molecule has 0 radical (unpaired) electrons. The van der Waals surface area contributed by atoms with Gasteiger partial charge in [0.2, 0.25) is 5.91 Å². The predicted octanol–water partition coefficient (Wildman–Crippen LogP) is 3.90. The number of anilines is 1. The van der Waals surface area contributed by atoms with Crippen molar-refractivity contribution in [1.82, 2.24) is 4.98 Å². The fourth-order valence-electron chi connectivity index (χ4n) is 2.75. The lowest BCUT2D eigenvalue weighted by Crippen LogP contribution is -2.14. The van der Waals surface area contributed by atoms with Gasteiger partial charge in [-0.3, -0.25) is 4.79 Å². The van der Waals surface area contributed by atoms with Crippen LogP contribution < -0.4 is 14.8 Å². The number of ether oxygens (including phenoxy) is 2. The van der Waals surface area contributed by atoms with Gasteiger partial charge in [0, 0.05) is 6.42 Å². The number of methoxy groups -OCH3 is 1. The van der Waals surface area contributed by atoms with Crippen molar-refractivity contribution in [2.24, 2.45) is 0 Å². The van der Waals surface area contributed by atoms with E-state index in [4.69, 9.17) is 9.47 Å². The van der Waals surface area contributed by atoms with Gasteiger partial charge in [0.25, 0.3) is 0 Å². The molecule has 0 saturated carbocycles. The summed E-state index contributed by atoms with van der Waals surface area (Å²) in [6.45, 7) is 2.43. The summed E-state index contributed by atoms with van der Waals surface area (Å²) in [5, 5.41) is 3.21. The second kappa shape index (κ2) is 9.23.